The molecule has 3 aromatic rings. The number of H-pyrrole nitrogens is 1. The van der Waals surface area contributed by atoms with Gasteiger partial charge in [-0.05, 0) is 17.5 Å². The van der Waals surface area contributed by atoms with Crippen molar-refractivity contribution in [3.05, 3.63) is 82.3 Å². The van der Waals surface area contributed by atoms with Crippen molar-refractivity contribution in [1.82, 2.24) is 9.97 Å². The molecule has 0 aliphatic heterocycles. The number of aryl methyl sites for hydroxylation is 1. The van der Waals surface area contributed by atoms with Crippen molar-refractivity contribution < 1.29 is 4.79 Å². The number of carbonyl (C=O) groups is 1. The molecule has 0 radical (unpaired) electrons. The summed E-state index contributed by atoms with van der Waals surface area (Å²) in [5.41, 5.74) is 3.44. The second kappa shape index (κ2) is 8.63. The lowest BCUT2D eigenvalue weighted by Crippen LogP contribution is -2.11. The van der Waals surface area contributed by atoms with Gasteiger partial charge in [0.05, 0.1) is 5.75 Å². The number of nitrogens with one attached hydrogen (secondary N) is 1. The third-order valence-corrected chi connectivity index (χ3v) is 4.81. The quantitative estimate of drug-likeness (QED) is 0.384. The minimum atomic E-state index is -0.175. The monoisotopic (exact) mass is 364 g/mol. The summed E-state index contributed by atoms with van der Waals surface area (Å²) in [6.07, 6.45) is 1.68. The highest BCUT2D eigenvalue weighted by Gasteiger charge is 2.09. The van der Waals surface area contributed by atoms with Gasteiger partial charge >= 0.3 is 0 Å². The molecule has 4 nitrogen and oxygen atoms in total. The molecule has 0 fully saturated rings. The molecule has 3 rings (SSSR count). The van der Waals surface area contributed by atoms with Crippen LogP contribution in [-0.4, -0.2) is 21.5 Å². The summed E-state index contributed by atoms with van der Waals surface area (Å²) >= 11 is 1.26. The van der Waals surface area contributed by atoms with Crippen LogP contribution in [0.5, 0.6) is 0 Å². The van der Waals surface area contributed by atoms with Crippen molar-refractivity contribution in [2.75, 3.05) is 5.75 Å². The first-order valence-electron chi connectivity index (χ1n) is 8.57. The zero-order chi connectivity index (χ0) is 18.4. The molecule has 1 N–H and O–H groups in total. The van der Waals surface area contributed by atoms with E-state index < -0.39 is 0 Å². The Hall–Kier alpha value is -2.66. The molecule has 132 valence electrons. The Labute approximate surface area is 156 Å². The molecular weight excluding hydrogens is 344 g/mol. The van der Waals surface area contributed by atoms with Crippen LogP contribution in [0.25, 0.3) is 11.1 Å². The minimum Gasteiger partial charge on any atom is -0.301 e. The van der Waals surface area contributed by atoms with Gasteiger partial charge in [0.15, 0.2) is 10.9 Å². The van der Waals surface area contributed by atoms with Crippen LogP contribution in [0.1, 0.15) is 29.4 Å². The Balaban J connectivity index is 1.66. The van der Waals surface area contributed by atoms with Crippen molar-refractivity contribution in [2.24, 2.45) is 0 Å². The molecule has 0 bridgehead atoms. The number of aromatic amines is 1. The van der Waals surface area contributed by atoms with Gasteiger partial charge in [0.2, 0.25) is 0 Å². The summed E-state index contributed by atoms with van der Waals surface area (Å²) in [6.45, 7) is 2.04. The van der Waals surface area contributed by atoms with Crippen molar-refractivity contribution in [1.29, 1.82) is 0 Å². The fourth-order valence-corrected chi connectivity index (χ4v) is 3.42. The van der Waals surface area contributed by atoms with Crippen molar-refractivity contribution in [3.63, 3.8) is 0 Å². The van der Waals surface area contributed by atoms with Crippen LogP contribution in [-0.2, 0) is 6.42 Å². The van der Waals surface area contributed by atoms with E-state index in [-0.39, 0.29) is 17.1 Å². The second-order valence-electron chi connectivity index (χ2n) is 5.95. The normalized spacial score (nSPS) is 10.7. The summed E-state index contributed by atoms with van der Waals surface area (Å²) in [4.78, 5) is 31.2. The van der Waals surface area contributed by atoms with Crippen molar-refractivity contribution >= 4 is 17.5 Å². The largest absolute Gasteiger partial charge is 0.301 e. The molecule has 2 aromatic carbocycles. The molecule has 1 aromatic heterocycles. The van der Waals surface area contributed by atoms with Crippen LogP contribution in [0.3, 0.4) is 0 Å². The number of thioether (sulfide) groups is 1. The maximum Gasteiger partial charge on any atom is 0.251 e. The highest BCUT2D eigenvalue weighted by Crippen LogP contribution is 2.20. The number of hydrogen-bond acceptors (Lipinski definition) is 4. The molecule has 0 saturated carbocycles. The standard InChI is InChI=1S/C21H20N2O2S/c1-2-6-18-13-20(25)23-21(22-18)26-14-19(24)17-11-9-16(10-12-17)15-7-4-3-5-8-15/h3-5,7-13H,2,6,14H2,1H3,(H,22,23,25). The SMILES string of the molecule is CCCc1cc(=O)[nH]c(SCC(=O)c2ccc(-c3ccccc3)cc2)n1. The maximum atomic E-state index is 12.4. The average molecular weight is 364 g/mol. The van der Waals surface area contributed by atoms with Crippen molar-refractivity contribution in [2.45, 2.75) is 24.9 Å². The number of aromatic nitrogens is 2. The Morgan fingerprint density at radius 1 is 1.04 bits per heavy atom. The molecule has 0 saturated heterocycles. The number of ketones is 1. The number of hydrogen-bond donors (Lipinski definition) is 1. The van der Waals surface area contributed by atoms with Gasteiger partial charge in [-0.2, -0.15) is 0 Å². The number of carbonyl (C=O) groups excluding carboxylic acids is 1. The predicted molar refractivity (Wildman–Crippen MR) is 106 cm³/mol. The molecule has 0 unspecified atom stereocenters. The third-order valence-electron chi connectivity index (χ3n) is 3.93. The smallest absolute Gasteiger partial charge is 0.251 e. The second-order valence-corrected chi connectivity index (χ2v) is 6.91. The van der Waals surface area contributed by atoms with Gasteiger partial charge in [-0.1, -0.05) is 79.7 Å². The molecule has 0 aliphatic rings. The van der Waals surface area contributed by atoms with E-state index in [2.05, 4.69) is 9.97 Å². The summed E-state index contributed by atoms with van der Waals surface area (Å²) in [5.74, 6) is 0.251. The van der Waals surface area contributed by atoms with E-state index in [0.717, 1.165) is 29.7 Å². The molecule has 0 spiro atoms. The van der Waals surface area contributed by atoms with Crippen LogP contribution in [0, 0.1) is 0 Å². The molecule has 26 heavy (non-hydrogen) atoms. The van der Waals surface area contributed by atoms with E-state index in [9.17, 15) is 9.59 Å². The predicted octanol–water partition coefficient (Wildman–Crippen LogP) is 4.36. The zero-order valence-electron chi connectivity index (χ0n) is 14.6. The lowest BCUT2D eigenvalue weighted by molar-refractivity contribution is 0.102. The van der Waals surface area contributed by atoms with E-state index in [1.54, 1.807) is 0 Å². The van der Waals surface area contributed by atoms with Crippen LogP contribution in [0.15, 0.2) is 70.6 Å². The third kappa shape index (κ3) is 4.70. The molecular formula is C21H20N2O2S. The van der Waals surface area contributed by atoms with Gasteiger partial charge in [-0.3, -0.25) is 9.59 Å². The summed E-state index contributed by atoms with van der Waals surface area (Å²) in [6, 6.07) is 19.1. The number of rotatable bonds is 7. The van der Waals surface area contributed by atoms with Crippen LogP contribution < -0.4 is 5.56 Å². The minimum absolute atomic E-state index is 0.0122. The van der Waals surface area contributed by atoms with Gasteiger partial charge in [-0.15, -0.1) is 0 Å². The van der Waals surface area contributed by atoms with E-state index in [0.29, 0.717) is 10.7 Å². The lowest BCUT2D eigenvalue weighted by atomic mass is 10.0. The lowest BCUT2D eigenvalue weighted by Gasteiger charge is -2.05. The Morgan fingerprint density at radius 2 is 1.73 bits per heavy atom. The summed E-state index contributed by atoms with van der Waals surface area (Å²) < 4.78 is 0. The molecule has 0 atom stereocenters. The van der Waals surface area contributed by atoms with Gasteiger partial charge in [0.1, 0.15) is 0 Å². The first-order chi connectivity index (χ1) is 12.7. The van der Waals surface area contributed by atoms with Crippen molar-refractivity contribution in [3.8, 4) is 11.1 Å². The molecule has 5 heteroatoms. The first kappa shape index (κ1) is 18.1. The Kier molecular flexibility index (Phi) is 6.02. The Morgan fingerprint density at radius 3 is 2.42 bits per heavy atom. The van der Waals surface area contributed by atoms with Crippen LogP contribution in [0.2, 0.25) is 0 Å². The van der Waals surface area contributed by atoms with Gasteiger partial charge in [0.25, 0.3) is 5.56 Å². The molecule has 0 aliphatic carbocycles. The van der Waals surface area contributed by atoms with Crippen LogP contribution in [0.4, 0.5) is 0 Å². The van der Waals surface area contributed by atoms with E-state index in [1.807, 2.05) is 61.5 Å². The zero-order valence-corrected chi connectivity index (χ0v) is 15.4. The summed E-state index contributed by atoms with van der Waals surface area (Å²) in [5, 5.41) is 0.496. The number of Topliss-reactive ketones (excluding diaryl/α,β-unsaturated/α-hetero) is 1. The van der Waals surface area contributed by atoms with Gasteiger partial charge in [0, 0.05) is 17.3 Å². The number of benzene rings is 2. The average Bonchev–Trinajstić information content (AvgIpc) is 2.67. The fraction of sp³-hybridized carbons (Fsp3) is 0.190. The topological polar surface area (TPSA) is 62.8 Å². The number of nitrogens with zero attached hydrogens (tertiary/aromatic N) is 1. The van der Waals surface area contributed by atoms with Crippen LogP contribution >= 0.6 is 11.8 Å². The summed E-state index contributed by atoms with van der Waals surface area (Å²) in [7, 11) is 0. The van der Waals surface area contributed by atoms with E-state index in [1.165, 1.54) is 17.8 Å². The Bertz CT molecular complexity index is 934. The molecule has 0 amide bonds. The highest BCUT2D eigenvalue weighted by atomic mass is 32.2. The van der Waals surface area contributed by atoms with Gasteiger partial charge in [-0.25, -0.2) is 4.98 Å². The first-order valence-corrected chi connectivity index (χ1v) is 9.56. The highest BCUT2D eigenvalue weighted by molar-refractivity contribution is 7.99. The fourth-order valence-electron chi connectivity index (χ4n) is 2.63. The maximum absolute atomic E-state index is 12.4. The van der Waals surface area contributed by atoms with E-state index in [4.69, 9.17) is 0 Å². The van der Waals surface area contributed by atoms with Gasteiger partial charge < -0.3 is 4.98 Å². The van der Waals surface area contributed by atoms with E-state index >= 15 is 0 Å². The molecule has 1 heterocycles.